The normalized spacial score (nSPS) is 12.7. The Balaban J connectivity index is 1.77. The van der Waals surface area contributed by atoms with Crippen LogP contribution >= 0.6 is 23.2 Å². The summed E-state index contributed by atoms with van der Waals surface area (Å²) < 4.78 is 21.4. The van der Waals surface area contributed by atoms with E-state index in [1.165, 1.54) is 20.3 Å². The summed E-state index contributed by atoms with van der Waals surface area (Å²) in [6.45, 7) is 0.909. The molecule has 6 nitrogen and oxygen atoms in total. The summed E-state index contributed by atoms with van der Waals surface area (Å²) in [6, 6.07) is 6.62. The number of rotatable bonds is 5. The van der Waals surface area contributed by atoms with Gasteiger partial charge >= 0.3 is 0 Å². The summed E-state index contributed by atoms with van der Waals surface area (Å²) in [4.78, 5) is 12.3. The van der Waals surface area contributed by atoms with E-state index in [-0.39, 0.29) is 5.91 Å². The Morgan fingerprint density at radius 3 is 2.52 bits per heavy atom. The molecule has 8 heteroatoms. The second-order valence-electron chi connectivity index (χ2n) is 5.54. The molecule has 3 rings (SSSR count). The van der Waals surface area contributed by atoms with Gasteiger partial charge in [0.05, 0.1) is 30.0 Å². The van der Waals surface area contributed by atoms with Crippen molar-refractivity contribution in [2.45, 2.75) is 0 Å². The van der Waals surface area contributed by atoms with E-state index in [9.17, 15) is 4.79 Å². The smallest absolute Gasteiger partial charge is 0.248 e. The largest absolute Gasteiger partial charge is 0.495 e. The second kappa shape index (κ2) is 8.41. The molecule has 0 aromatic heterocycles. The first kappa shape index (κ1) is 19.2. The molecule has 0 saturated heterocycles. The summed E-state index contributed by atoms with van der Waals surface area (Å²) in [7, 11) is 2.98. The van der Waals surface area contributed by atoms with E-state index in [4.69, 9.17) is 42.1 Å². The number of carbonyl (C=O) groups is 1. The maximum atomic E-state index is 12.3. The van der Waals surface area contributed by atoms with E-state index >= 15 is 0 Å². The Hall–Kier alpha value is -2.57. The number of methoxy groups -OCH3 is 2. The molecular weight excluding hydrogens is 393 g/mol. The Kier molecular flexibility index (Phi) is 5.98. The topological polar surface area (TPSA) is 66.0 Å². The number of amides is 1. The predicted molar refractivity (Wildman–Crippen MR) is 105 cm³/mol. The molecule has 1 amide bonds. The lowest BCUT2D eigenvalue weighted by molar-refractivity contribution is -0.111. The van der Waals surface area contributed by atoms with Gasteiger partial charge in [0, 0.05) is 18.2 Å². The van der Waals surface area contributed by atoms with Crippen LogP contribution in [0.4, 0.5) is 5.69 Å². The van der Waals surface area contributed by atoms with Gasteiger partial charge in [-0.3, -0.25) is 4.79 Å². The molecule has 1 aliphatic heterocycles. The minimum absolute atomic E-state index is 0.358. The van der Waals surface area contributed by atoms with Gasteiger partial charge in [0.2, 0.25) is 5.91 Å². The molecule has 0 radical (unpaired) electrons. The number of benzene rings is 2. The molecule has 1 N–H and O–H groups in total. The number of ether oxygens (including phenoxy) is 4. The fraction of sp³-hybridized carbons (Fsp3) is 0.211. The number of nitrogens with one attached hydrogen (secondary N) is 1. The predicted octanol–water partition coefficient (Wildman–Crippen LogP) is 4.43. The number of halogens is 2. The Morgan fingerprint density at radius 2 is 1.78 bits per heavy atom. The standard InChI is InChI=1S/C19H17Cl2NO5/c1-24-15-10-14(16(25-2)9-12(15)20)22-18(23)4-3-11-7-13(21)19-17(8-11)26-5-6-27-19/h3-4,7-10H,5-6H2,1-2H3,(H,22,23)/b4-3+. The van der Waals surface area contributed by atoms with Gasteiger partial charge in [0.1, 0.15) is 24.7 Å². The highest BCUT2D eigenvalue weighted by molar-refractivity contribution is 6.32. The Bertz CT molecular complexity index is 898. The molecule has 2 aromatic rings. The van der Waals surface area contributed by atoms with Crippen molar-refractivity contribution in [3.63, 3.8) is 0 Å². The highest BCUT2D eigenvalue weighted by Crippen LogP contribution is 2.39. The molecule has 0 bridgehead atoms. The van der Waals surface area contributed by atoms with Gasteiger partial charge in [-0.1, -0.05) is 23.2 Å². The lowest BCUT2D eigenvalue weighted by atomic mass is 10.1. The minimum Gasteiger partial charge on any atom is -0.495 e. The molecule has 0 unspecified atom stereocenters. The van der Waals surface area contributed by atoms with Crippen molar-refractivity contribution in [1.82, 2.24) is 0 Å². The first-order chi connectivity index (χ1) is 13.0. The van der Waals surface area contributed by atoms with Crippen LogP contribution in [0.25, 0.3) is 6.08 Å². The Morgan fingerprint density at radius 1 is 1.04 bits per heavy atom. The second-order valence-corrected chi connectivity index (χ2v) is 6.35. The molecule has 27 heavy (non-hydrogen) atoms. The van der Waals surface area contributed by atoms with Crippen molar-refractivity contribution < 1.29 is 23.7 Å². The summed E-state index contributed by atoms with van der Waals surface area (Å²) in [5, 5.41) is 3.54. The van der Waals surface area contributed by atoms with Crippen LogP contribution in [0.15, 0.2) is 30.3 Å². The molecule has 1 heterocycles. The number of carbonyl (C=O) groups excluding carboxylic acids is 1. The highest BCUT2D eigenvalue weighted by Gasteiger charge is 2.16. The highest BCUT2D eigenvalue weighted by atomic mass is 35.5. The number of hydrogen-bond acceptors (Lipinski definition) is 5. The van der Waals surface area contributed by atoms with E-state index < -0.39 is 0 Å². The van der Waals surface area contributed by atoms with Crippen molar-refractivity contribution in [2.75, 3.05) is 32.8 Å². The van der Waals surface area contributed by atoms with Crippen molar-refractivity contribution in [2.24, 2.45) is 0 Å². The van der Waals surface area contributed by atoms with Crippen LogP contribution in [0.2, 0.25) is 10.0 Å². The van der Waals surface area contributed by atoms with Crippen molar-refractivity contribution >= 4 is 40.9 Å². The molecule has 0 spiro atoms. The van der Waals surface area contributed by atoms with Crippen molar-refractivity contribution in [3.8, 4) is 23.0 Å². The SMILES string of the molecule is COc1cc(NC(=O)/C=C/c2cc(Cl)c3c(c2)OCCO3)c(OC)cc1Cl. The first-order valence-electron chi connectivity index (χ1n) is 8.01. The lowest BCUT2D eigenvalue weighted by Crippen LogP contribution is -2.15. The van der Waals surface area contributed by atoms with Gasteiger partial charge in [0.25, 0.3) is 0 Å². The summed E-state index contributed by atoms with van der Waals surface area (Å²) in [6.07, 6.45) is 3.00. The molecule has 0 saturated carbocycles. The van der Waals surface area contributed by atoms with Crippen molar-refractivity contribution in [1.29, 1.82) is 0 Å². The zero-order chi connectivity index (χ0) is 19.4. The van der Waals surface area contributed by atoms with Crippen molar-refractivity contribution in [3.05, 3.63) is 46.0 Å². The summed E-state index contributed by atoms with van der Waals surface area (Å²) in [5.74, 6) is 1.56. The van der Waals surface area contributed by atoms with Gasteiger partial charge in [-0.2, -0.15) is 0 Å². The van der Waals surface area contributed by atoms with E-state index in [2.05, 4.69) is 5.32 Å². The van der Waals surface area contributed by atoms with E-state index in [1.807, 2.05) is 0 Å². The Labute approximate surface area is 166 Å². The monoisotopic (exact) mass is 409 g/mol. The van der Waals surface area contributed by atoms with Crippen LogP contribution in [0.5, 0.6) is 23.0 Å². The third-order valence-electron chi connectivity index (χ3n) is 3.78. The van der Waals surface area contributed by atoms with Crippen LogP contribution in [0.3, 0.4) is 0 Å². The van der Waals surface area contributed by atoms with Gasteiger partial charge in [-0.25, -0.2) is 0 Å². The molecule has 1 aliphatic rings. The first-order valence-corrected chi connectivity index (χ1v) is 8.77. The fourth-order valence-electron chi connectivity index (χ4n) is 2.53. The van der Waals surface area contributed by atoms with Gasteiger partial charge in [0.15, 0.2) is 11.5 Å². The third-order valence-corrected chi connectivity index (χ3v) is 4.35. The fourth-order valence-corrected chi connectivity index (χ4v) is 3.04. The van der Waals surface area contributed by atoms with Gasteiger partial charge < -0.3 is 24.3 Å². The number of anilines is 1. The molecule has 0 aliphatic carbocycles. The molecular formula is C19H17Cl2NO5. The molecule has 0 fully saturated rings. The number of hydrogen-bond donors (Lipinski definition) is 1. The quantitative estimate of drug-likeness (QED) is 0.739. The molecule has 142 valence electrons. The maximum Gasteiger partial charge on any atom is 0.248 e. The maximum absolute atomic E-state index is 12.3. The zero-order valence-corrected chi connectivity index (χ0v) is 16.2. The molecule has 0 atom stereocenters. The average Bonchev–Trinajstić information content (AvgIpc) is 2.67. The summed E-state index contributed by atoms with van der Waals surface area (Å²) >= 11 is 12.3. The van der Waals surface area contributed by atoms with Crippen LogP contribution in [0, 0.1) is 0 Å². The summed E-state index contributed by atoms with van der Waals surface area (Å²) in [5.41, 5.74) is 1.15. The molecule has 2 aromatic carbocycles. The zero-order valence-electron chi connectivity index (χ0n) is 14.7. The van der Waals surface area contributed by atoms with Gasteiger partial charge in [-0.15, -0.1) is 0 Å². The van der Waals surface area contributed by atoms with E-state index in [0.29, 0.717) is 57.5 Å². The van der Waals surface area contributed by atoms with Crippen LogP contribution in [-0.2, 0) is 4.79 Å². The van der Waals surface area contributed by atoms with Crippen LogP contribution < -0.4 is 24.3 Å². The number of fused-ring (bicyclic) bond motifs is 1. The average molecular weight is 410 g/mol. The van der Waals surface area contributed by atoms with Crippen LogP contribution in [0.1, 0.15) is 5.56 Å². The van der Waals surface area contributed by atoms with Crippen LogP contribution in [-0.4, -0.2) is 33.3 Å². The van der Waals surface area contributed by atoms with E-state index in [1.54, 1.807) is 30.3 Å². The minimum atomic E-state index is -0.358. The van der Waals surface area contributed by atoms with Gasteiger partial charge in [-0.05, 0) is 23.8 Å². The van der Waals surface area contributed by atoms with E-state index in [0.717, 1.165) is 0 Å². The third kappa shape index (κ3) is 4.40. The lowest BCUT2D eigenvalue weighted by Gasteiger charge is -2.19.